The Kier molecular flexibility index (Phi) is 6.49. The molecule has 0 N–H and O–H groups in total. The summed E-state index contributed by atoms with van der Waals surface area (Å²) in [5.41, 5.74) is 3.55. The molecule has 3 rings (SSSR count). The summed E-state index contributed by atoms with van der Waals surface area (Å²) in [6, 6.07) is 12.6. The number of benzene rings is 1. The summed E-state index contributed by atoms with van der Waals surface area (Å²) in [4.78, 5) is 4.68. The molecule has 25 heavy (non-hydrogen) atoms. The molecule has 1 fully saturated rings. The van der Waals surface area contributed by atoms with Crippen LogP contribution >= 0.6 is 0 Å². The van der Waals surface area contributed by atoms with E-state index >= 15 is 0 Å². The highest BCUT2D eigenvalue weighted by molar-refractivity contribution is 5.60. The van der Waals surface area contributed by atoms with Crippen LogP contribution in [0.2, 0.25) is 0 Å². The van der Waals surface area contributed by atoms with E-state index in [1.54, 1.807) is 0 Å². The minimum atomic E-state index is 0.701. The number of hydrogen-bond acceptors (Lipinski definition) is 2. The third-order valence-corrected chi connectivity index (χ3v) is 5.60. The summed E-state index contributed by atoms with van der Waals surface area (Å²) in [5.74, 6) is 2.81. The quantitative estimate of drug-likeness (QED) is 0.592. The van der Waals surface area contributed by atoms with E-state index in [4.69, 9.17) is 4.74 Å². The van der Waals surface area contributed by atoms with E-state index in [0.717, 1.165) is 35.3 Å². The van der Waals surface area contributed by atoms with Crippen molar-refractivity contribution in [2.75, 3.05) is 6.61 Å². The molecule has 2 unspecified atom stereocenters. The van der Waals surface area contributed by atoms with Crippen molar-refractivity contribution in [2.24, 2.45) is 11.8 Å². The number of rotatable bonds is 7. The van der Waals surface area contributed by atoms with Crippen molar-refractivity contribution in [1.82, 2.24) is 4.98 Å². The van der Waals surface area contributed by atoms with Gasteiger partial charge in [0.15, 0.2) is 0 Å². The lowest BCUT2D eigenvalue weighted by Crippen LogP contribution is -2.15. The maximum absolute atomic E-state index is 5.50. The zero-order valence-corrected chi connectivity index (χ0v) is 15.7. The Morgan fingerprint density at radius 3 is 2.48 bits per heavy atom. The number of pyridine rings is 1. The van der Waals surface area contributed by atoms with Crippen LogP contribution in [0.5, 0.6) is 5.75 Å². The lowest BCUT2D eigenvalue weighted by Gasteiger charge is -2.28. The topological polar surface area (TPSA) is 22.1 Å². The fraction of sp³-hybridized carbons (Fsp3) is 0.522. The number of ether oxygens (including phenoxy) is 1. The Bertz CT molecular complexity index is 632. The van der Waals surface area contributed by atoms with Crippen molar-refractivity contribution < 1.29 is 4.74 Å². The first-order chi connectivity index (χ1) is 12.3. The fourth-order valence-electron chi connectivity index (χ4n) is 4.04. The van der Waals surface area contributed by atoms with Crippen molar-refractivity contribution in [3.63, 3.8) is 0 Å². The van der Waals surface area contributed by atoms with Crippen LogP contribution in [0.4, 0.5) is 0 Å². The molecule has 1 saturated carbocycles. The average molecular weight is 338 g/mol. The zero-order valence-electron chi connectivity index (χ0n) is 15.7. The van der Waals surface area contributed by atoms with Gasteiger partial charge in [0.1, 0.15) is 5.75 Å². The molecule has 0 radical (unpaired) electrons. The van der Waals surface area contributed by atoms with Gasteiger partial charge in [-0.3, -0.25) is 4.98 Å². The first kappa shape index (κ1) is 18.0. The standard InChI is InChI=1S/C23H31NO/c1-3-18-6-5-7-19(16-18)8-9-20-10-15-23(24-17-20)21-11-13-22(14-12-21)25-4-2/h10-15,17-19H,3-9,16H2,1-2H3. The predicted octanol–water partition coefficient (Wildman–Crippen LogP) is 6.30. The van der Waals surface area contributed by atoms with Crippen molar-refractivity contribution >= 4 is 0 Å². The number of aryl methyl sites for hydroxylation is 1. The minimum absolute atomic E-state index is 0.701. The molecular formula is C23H31NO. The van der Waals surface area contributed by atoms with Crippen LogP contribution in [0.15, 0.2) is 42.6 Å². The molecule has 1 aliphatic carbocycles. The fourth-order valence-corrected chi connectivity index (χ4v) is 4.04. The maximum atomic E-state index is 5.50. The Labute approximate surface area is 152 Å². The second-order valence-electron chi connectivity index (χ2n) is 7.35. The summed E-state index contributed by atoms with van der Waals surface area (Å²) in [6.45, 7) is 5.05. The normalized spacial score (nSPS) is 20.4. The molecule has 2 aromatic rings. The van der Waals surface area contributed by atoms with E-state index in [0.29, 0.717) is 6.61 Å². The second kappa shape index (κ2) is 9.03. The average Bonchev–Trinajstić information content (AvgIpc) is 2.68. The molecule has 2 nitrogen and oxygen atoms in total. The van der Waals surface area contributed by atoms with Crippen LogP contribution in [-0.4, -0.2) is 11.6 Å². The number of hydrogen-bond donors (Lipinski definition) is 0. The van der Waals surface area contributed by atoms with Gasteiger partial charge in [0.05, 0.1) is 12.3 Å². The molecule has 0 bridgehead atoms. The Morgan fingerprint density at radius 2 is 1.80 bits per heavy atom. The summed E-state index contributed by atoms with van der Waals surface area (Å²) in [5, 5.41) is 0. The van der Waals surface area contributed by atoms with E-state index in [9.17, 15) is 0 Å². The number of aromatic nitrogens is 1. The molecule has 1 aromatic carbocycles. The maximum Gasteiger partial charge on any atom is 0.119 e. The summed E-state index contributed by atoms with van der Waals surface area (Å²) >= 11 is 0. The summed E-state index contributed by atoms with van der Waals surface area (Å²) < 4.78 is 5.50. The Morgan fingerprint density at radius 1 is 1.00 bits per heavy atom. The van der Waals surface area contributed by atoms with Crippen LogP contribution in [0.1, 0.15) is 57.9 Å². The van der Waals surface area contributed by atoms with Gasteiger partial charge in [0.25, 0.3) is 0 Å². The van der Waals surface area contributed by atoms with Crippen molar-refractivity contribution in [3.05, 3.63) is 48.2 Å². The highest BCUT2D eigenvalue weighted by Crippen LogP contribution is 2.33. The summed E-state index contributed by atoms with van der Waals surface area (Å²) in [7, 11) is 0. The first-order valence-electron chi connectivity index (χ1n) is 9.96. The molecule has 2 heteroatoms. The first-order valence-corrected chi connectivity index (χ1v) is 9.96. The Hall–Kier alpha value is -1.83. The molecule has 1 heterocycles. The van der Waals surface area contributed by atoms with E-state index in [2.05, 4.69) is 42.4 Å². The second-order valence-corrected chi connectivity index (χ2v) is 7.35. The van der Waals surface area contributed by atoms with Gasteiger partial charge < -0.3 is 4.74 Å². The number of nitrogens with zero attached hydrogens (tertiary/aromatic N) is 1. The van der Waals surface area contributed by atoms with Gasteiger partial charge in [0.2, 0.25) is 0 Å². The van der Waals surface area contributed by atoms with Crippen molar-refractivity contribution in [3.8, 4) is 17.0 Å². The van der Waals surface area contributed by atoms with Gasteiger partial charge >= 0.3 is 0 Å². The Balaban J connectivity index is 1.55. The molecular weight excluding hydrogens is 306 g/mol. The van der Waals surface area contributed by atoms with Crippen LogP contribution < -0.4 is 4.74 Å². The van der Waals surface area contributed by atoms with Gasteiger partial charge in [-0.05, 0) is 73.9 Å². The smallest absolute Gasteiger partial charge is 0.119 e. The van der Waals surface area contributed by atoms with E-state index in [1.807, 2.05) is 19.1 Å². The van der Waals surface area contributed by atoms with Crippen LogP contribution in [0.25, 0.3) is 11.3 Å². The zero-order chi connectivity index (χ0) is 17.5. The van der Waals surface area contributed by atoms with Crippen LogP contribution in [0, 0.1) is 11.8 Å². The molecule has 0 saturated heterocycles. The largest absolute Gasteiger partial charge is 0.494 e. The molecule has 2 atom stereocenters. The monoisotopic (exact) mass is 337 g/mol. The van der Waals surface area contributed by atoms with E-state index < -0.39 is 0 Å². The van der Waals surface area contributed by atoms with Crippen LogP contribution in [-0.2, 0) is 6.42 Å². The third-order valence-electron chi connectivity index (χ3n) is 5.60. The lowest BCUT2D eigenvalue weighted by molar-refractivity contribution is 0.250. The van der Waals surface area contributed by atoms with Crippen molar-refractivity contribution in [2.45, 2.75) is 58.8 Å². The van der Waals surface area contributed by atoms with Gasteiger partial charge in [0, 0.05) is 11.8 Å². The van der Waals surface area contributed by atoms with Crippen LogP contribution in [0.3, 0.4) is 0 Å². The molecule has 0 spiro atoms. The molecule has 134 valence electrons. The van der Waals surface area contributed by atoms with E-state index in [1.165, 1.54) is 44.1 Å². The molecule has 1 aromatic heterocycles. The van der Waals surface area contributed by atoms with Gasteiger partial charge in [-0.15, -0.1) is 0 Å². The van der Waals surface area contributed by atoms with Gasteiger partial charge in [-0.25, -0.2) is 0 Å². The third kappa shape index (κ3) is 5.07. The SMILES string of the molecule is CCOc1ccc(-c2ccc(CCC3CCCC(CC)C3)cn2)cc1. The predicted molar refractivity (Wildman–Crippen MR) is 105 cm³/mol. The van der Waals surface area contributed by atoms with E-state index in [-0.39, 0.29) is 0 Å². The molecule has 1 aliphatic rings. The van der Waals surface area contributed by atoms with Gasteiger partial charge in [-0.2, -0.15) is 0 Å². The summed E-state index contributed by atoms with van der Waals surface area (Å²) in [6.07, 6.45) is 11.6. The highest BCUT2D eigenvalue weighted by Gasteiger charge is 2.20. The highest BCUT2D eigenvalue weighted by atomic mass is 16.5. The van der Waals surface area contributed by atoms with Gasteiger partial charge in [-0.1, -0.05) is 38.7 Å². The molecule has 0 aliphatic heterocycles. The van der Waals surface area contributed by atoms with Crippen molar-refractivity contribution in [1.29, 1.82) is 0 Å². The molecule has 0 amide bonds. The minimum Gasteiger partial charge on any atom is -0.494 e. The lowest BCUT2D eigenvalue weighted by atomic mass is 9.78.